The van der Waals surface area contributed by atoms with Crippen LogP contribution in [0.5, 0.6) is 11.8 Å². The van der Waals surface area contributed by atoms with Crippen LogP contribution in [-0.2, 0) is 0 Å². The van der Waals surface area contributed by atoms with Crippen LogP contribution in [0.2, 0.25) is 0 Å². The first-order valence-corrected chi connectivity index (χ1v) is 5.92. The van der Waals surface area contributed by atoms with Crippen molar-refractivity contribution in [3.05, 3.63) is 41.1 Å². The van der Waals surface area contributed by atoms with Gasteiger partial charge in [-0.15, -0.1) is 0 Å². The van der Waals surface area contributed by atoms with E-state index < -0.39 is 0 Å². The van der Waals surface area contributed by atoms with E-state index in [-0.39, 0.29) is 0 Å². The molecular formula is C12H13BrN2O. The number of rotatable bonds is 3. The molecule has 0 bridgehead atoms. The lowest BCUT2D eigenvalue weighted by atomic mass is 10.3. The SMILES string of the molecule is CC(C)n1ccnc1Oc1cccc(Br)c1. The van der Waals surface area contributed by atoms with E-state index in [1.807, 2.05) is 35.0 Å². The Morgan fingerprint density at radius 1 is 1.38 bits per heavy atom. The molecular weight excluding hydrogens is 268 g/mol. The molecule has 0 fully saturated rings. The molecule has 0 N–H and O–H groups in total. The summed E-state index contributed by atoms with van der Waals surface area (Å²) in [6, 6.07) is 8.67. The summed E-state index contributed by atoms with van der Waals surface area (Å²) in [6.45, 7) is 4.19. The van der Waals surface area contributed by atoms with Crippen molar-refractivity contribution in [2.24, 2.45) is 0 Å². The van der Waals surface area contributed by atoms with E-state index in [4.69, 9.17) is 4.74 Å². The van der Waals surface area contributed by atoms with Crippen molar-refractivity contribution in [3.8, 4) is 11.8 Å². The first kappa shape index (κ1) is 11.2. The Bertz CT molecular complexity index is 479. The van der Waals surface area contributed by atoms with Gasteiger partial charge in [0.25, 0.3) is 0 Å². The number of halogens is 1. The fraction of sp³-hybridized carbons (Fsp3) is 0.250. The van der Waals surface area contributed by atoms with Crippen molar-refractivity contribution >= 4 is 15.9 Å². The zero-order valence-electron chi connectivity index (χ0n) is 9.22. The maximum atomic E-state index is 5.71. The predicted octanol–water partition coefficient (Wildman–Crippen LogP) is 4.02. The first-order valence-electron chi connectivity index (χ1n) is 5.13. The van der Waals surface area contributed by atoms with Crippen LogP contribution < -0.4 is 4.74 Å². The molecule has 0 aliphatic heterocycles. The highest BCUT2D eigenvalue weighted by Gasteiger charge is 2.07. The van der Waals surface area contributed by atoms with Gasteiger partial charge in [0.1, 0.15) is 5.75 Å². The Morgan fingerprint density at radius 3 is 2.88 bits per heavy atom. The van der Waals surface area contributed by atoms with Crippen molar-refractivity contribution in [2.45, 2.75) is 19.9 Å². The Labute approximate surface area is 103 Å². The summed E-state index contributed by atoms with van der Waals surface area (Å²) in [7, 11) is 0. The number of hydrogen-bond acceptors (Lipinski definition) is 2. The zero-order chi connectivity index (χ0) is 11.5. The second-order valence-electron chi connectivity index (χ2n) is 3.77. The number of imidazole rings is 1. The van der Waals surface area contributed by atoms with Crippen molar-refractivity contribution in [1.82, 2.24) is 9.55 Å². The summed E-state index contributed by atoms with van der Waals surface area (Å²) < 4.78 is 8.69. The van der Waals surface area contributed by atoms with E-state index in [1.165, 1.54) is 0 Å². The van der Waals surface area contributed by atoms with E-state index in [0.717, 1.165) is 10.2 Å². The molecule has 2 rings (SSSR count). The van der Waals surface area contributed by atoms with Crippen LogP contribution in [0, 0.1) is 0 Å². The normalized spacial score (nSPS) is 10.8. The third-order valence-corrected chi connectivity index (χ3v) is 2.69. The summed E-state index contributed by atoms with van der Waals surface area (Å²) in [5, 5.41) is 0. The molecule has 1 aromatic carbocycles. The molecule has 0 amide bonds. The highest BCUT2D eigenvalue weighted by atomic mass is 79.9. The second-order valence-corrected chi connectivity index (χ2v) is 4.69. The third kappa shape index (κ3) is 2.44. The maximum absolute atomic E-state index is 5.71. The Hall–Kier alpha value is -1.29. The summed E-state index contributed by atoms with van der Waals surface area (Å²) in [6.07, 6.45) is 3.66. The molecule has 84 valence electrons. The van der Waals surface area contributed by atoms with Gasteiger partial charge in [0.15, 0.2) is 0 Å². The molecule has 0 radical (unpaired) electrons. The number of ether oxygens (including phenoxy) is 1. The fourth-order valence-electron chi connectivity index (χ4n) is 1.41. The molecule has 0 aliphatic rings. The van der Waals surface area contributed by atoms with Gasteiger partial charge in [-0.2, -0.15) is 0 Å². The average Bonchev–Trinajstić information content (AvgIpc) is 2.66. The molecule has 2 aromatic rings. The summed E-state index contributed by atoms with van der Waals surface area (Å²) in [5.41, 5.74) is 0. The quantitative estimate of drug-likeness (QED) is 0.849. The monoisotopic (exact) mass is 280 g/mol. The van der Waals surface area contributed by atoms with Crippen molar-refractivity contribution in [3.63, 3.8) is 0 Å². The summed E-state index contributed by atoms with van der Waals surface area (Å²) in [4.78, 5) is 4.19. The molecule has 16 heavy (non-hydrogen) atoms. The molecule has 0 unspecified atom stereocenters. The van der Waals surface area contributed by atoms with Crippen LogP contribution >= 0.6 is 15.9 Å². The minimum Gasteiger partial charge on any atom is -0.425 e. The van der Waals surface area contributed by atoms with Gasteiger partial charge in [-0.25, -0.2) is 4.98 Å². The van der Waals surface area contributed by atoms with Crippen molar-refractivity contribution < 1.29 is 4.74 Å². The van der Waals surface area contributed by atoms with Crippen LogP contribution in [0.25, 0.3) is 0 Å². The maximum Gasteiger partial charge on any atom is 0.302 e. The second kappa shape index (κ2) is 4.70. The minimum absolute atomic E-state index is 0.338. The molecule has 3 nitrogen and oxygen atoms in total. The van der Waals surface area contributed by atoms with E-state index in [2.05, 4.69) is 34.8 Å². The number of benzene rings is 1. The van der Waals surface area contributed by atoms with Crippen LogP contribution in [0.4, 0.5) is 0 Å². The van der Waals surface area contributed by atoms with Gasteiger partial charge in [-0.3, -0.25) is 4.57 Å². The molecule has 0 spiro atoms. The van der Waals surface area contributed by atoms with E-state index in [9.17, 15) is 0 Å². The zero-order valence-corrected chi connectivity index (χ0v) is 10.8. The number of aromatic nitrogens is 2. The molecule has 4 heteroatoms. The van der Waals surface area contributed by atoms with Crippen LogP contribution in [0.15, 0.2) is 41.1 Å². The van der Waals surface area contributed by atoms with Crippen LogP contribution in [0.3, 0.4) is 0 Å². The van der Waals surface area contributed by atoms with Gasteiger partial charge in [0.2, 0.25) is 0 Å². The number of hydrogen-bond donors (Lipinski definition) is 0. The third-order valence-electron chi connectivity index (χ3n) is 2.19. The minimum atomic E-state index is 0.338. The fourth-order valence-corrected chi connectivity index (χ4v) is 1.79. The van der Waals surface area contributed by atoms with Gasteiger partial charge < -0.3 is 4.74 Å². The van der Waals surface area contributed by atoms with Gasteiger partial charge >= 0.3 is 6.01 Å². The van der Waals surface area contributed by atoms with Gasteiger partial charge in [-0.05, 0) is 32.0 Å². The van der Waals surface area contributed by atoms with E-state index in [0.29, 0.717) is 12.1 Å². The van der Waals surface area contributed by atoms with Gasteiger partial charge in [0, 0.05) is 22.9 Å². The standard InChI is InChI=1S/C12H13BrN2O/c1-9(2)15-7-6-14-12(15)16-11-5-3-4-10(13)8-11/h3-9H,1-2H3. The first-order chi connectivity index (χ1) is 7.66. The highest BCUT2D eigenvalue weighted by molar-refractivity contribution is 9.10. The molecule has 0 aliphatic carbocycles. The molecule has 0 saturated carbocycles. The lowest BCUT2D eigenvalue weighted by molar-refractivity contribution is 0.395. The molecule has 1 heterocycles. The van der Waals surface area contributed by atoms with E-state index in [1.54, 1.807) is 6.20 Å². The predicted molar refractivity (Wildman–Crippen MR) is 66.8 cm³/mol. The summed E-state index contributed by atoms with van der Waals surface area (Å²) >= 11 is 3.41. The molecule has 0 atom stereocenters. The molecule has 0 saturated heterocycles. The van der Waals surface area contributed by atoms with Crippen LogP contribution in [0.1, 0.15) is 19.9 Å². The van der Waals surface area contributed by atoms with Crippen molar-refractivity contribution in [1.29, 1.82) is 0 Å². The largest absolute Gasteiger partial charge is 0.425 e. The lowest BCUT2D eigenvalue weighted by Crippen LogP contribution is -2.01. The van der Waals surface area contributed by atoms with Crippen LogP contribution in [-0.4, -0.2) is 9.55 Å². The van der Waals surface area contributed by atoms with Crippen molar-refractivity contribution in [2.75, 3.05) is 0 Å². The average molecular weight is 281 g/mol. The Morgan fingerprint density at radius 2 is 2.19 bits per heavy atom. The number of nitrogens with zero attached hydrogens (tertiary/aromatic N) is 2. The smallest absolute Gasteiger partial charge is 0.302 e. The highest BCUT2D eigenvalue weighted by Crippen LogP contribution is 2.24. The summed E-state index contributed by atoms with van der Waals surface area (Å²) in [5.74, 6) is 0.780. The lowest BCUT2D eigenvalue weighted by Gasteiger charge is -2.11. The van der Waals surface area contributed by atoms with Gasteiger partial charge in [-0.1, -0.05) is 22.0 Å². The topological polar surface area (TPSA) is 27.1 Å². The Balaban J connectivity index is 2.24. The molecule has 1 aromatic heterocycles. The van der Waals surface area contributed by atoms with Gasteiger partial charge in [0.05, 0.1) is 0 Å². The van der Waals surface area contributed by atoms with E-state index >= 15 is 0 Å². The Kier molecular flexibility index (Phi) is 3.29.